The van der Waals surface area contributed by atoms with Gasteiger partial charge in [0.25, 0.3) is 0 Å². The van der Waals surface area contributed by atoms with E-state index < -0.39 is 6.10 Å². The van der Waals surface area contributed by atoms with Crippen molar-refractivity contribution in [1.29, 1.82) is 0 Å². The minimum atomic E-state index is -0.774. The summed E-state index contributed by atoms with van der Waals surface area (Å²) in [5.41, 5.74) is 0. The molecule has 6 nitrogen and oxygen atoms in total. The van der Waals surface area contributed by atoms with Crippen LogP contribution in [-0.2, 0) is 28.6 Å². The van der Waals surface area contributed by atoms with Gasteiger partial charge in [-0.25, -0.2) is 0 Å². The summed E-state index contributed by atoms with van der Waals surface area (Å²) in [6.07, 6.45) is 68.9. The summed E-state index contributed by atoms with van der Waals surface area (Å²) in [5.74, 6) is -0.860. The predicted molar refractivity (Wildman–Crippen MR) is 298 cm³/mol. The van der Waals surface area contributed by atoms with Crippen LogP contribution in [0.1, 0.15) is 342 Å². The number of carbonyl (C=O) groups is 3. The minimum absolute atomic E-state index is 0.0712. The van der Waals surface area contributed by atoms with Gasteiger partial charge in [0, 0.05) is 19.3 Å². The Hall–Kier alpha value is -2.11. The molecule has 0 bridgehead atoms. The smallest absolute Gasteiger partial charge is 0.306 e. The van der Waals surface area contributed by atoms with Crippen LogP contribution in [0.15, 0.2) is 24.3 Å². The lowest BCUT2D eigenvalue weighted by Crippen LogP contribution is -2.30. The molecule has 0 unspecified atom stereocenters. The van der Waals surface area contributed by atoms with Gasteiger partial charge in [-0.05, 0) is 70.6 Å². The average molecular weight is 972 g/mol. The van der Waals surface area contributed by atoms with Crippen molar-refractivity contribution >= 4 is 17.9 Å². The number of esters is 3. The standard InChI is InChI=1S/C63H118O6/c1-4-7-10-13-16-19-22-25-28-31-32-33-36-38-41-44-47-50-53-56-62(65)68-59-60(69-63(66)57-54-51-48-45-42-39-35-30-27-24-21-18-15-12-9-6-3)58-67-61(64)55-52-49-46-43-40-37-34-29-26-23-20-17-14-11-8-5-2/h30-32,35,60H,4-29,33-34,36-59H2,1-3H3/b32-31-,35-30-/t60-/m1/s1. The van der Waals surface area contributed by atoms with Crippen LogP contribution < -0.4 is 0 Å². The van der Waals surface area contributed by atoms with Crippen molar-refractivity contribution in [3.8, 4) is 0 Å². The third-order valence-corrected chi connectivity index (χ3v) is 13.9. The number of allylic oxidation sites excluding steroid dienone is 4. The van der Waals surface area contributed by atoms with Crippen LogP contribution in [-0.4, -0.2) is 37.2 Å². The molecule has 0 amide bonds. The summed E-state index contributed by atoms with van der Waals surface area (Å²) in [6.45, 7) is 6.69. The first-order valence-corrected chi connectivity index (χ1v) is 30.8. The molecular weight excluding hydrogens is 853 g/mol. The Bertz CT molecular complexity index is 1110. The lowest BCUT2D eigenvalue weighted by atomic mass is 10.0. The van der Waals surface area contributed by atoms with Crippen molar-refractivity contribution in [2.75, 3.05) is 13.2 Å². The molecule has 0 rings (SSSR count). The van der Waals surface area contributed by atoms with Crippen LogP contribution in [0.4, 0.5) is 0 Å². The van der Waals surface area contributed by atoms with Crippen LogP contribution in [0.5, 0.6) is 0 Å². The fourth-order valence-electron chi connectivity index (χ4n) is 9.26. The Balaban J connectivity index is 4.33. The first-order valence-electron chi connectivity index (χ1n) is 30.8. The molecule has 0 saturated carbocycles. The molecule has 0 aliphatic rings. The van der Waals surface area contributed by atoms with E-state index in [1.807, 2.05) is 0 Å². The van der Waals surface area contributed by atoms with Gasteiger partial charge in [-0.1, -0.05) is 276 Å². The summed E-state index contributed by atoms with van der Waals surface area (Å²) < 4.78 is 16.9. The highest BCUT2D eigenvalue weighted by atomic mass is 16.6. The first kappa shape index (κ1) is 66.9. The molecule has 69 heavy (non-hydrogen) atoms. The minimum Gasteiger partial charge on any atom is -0.462 e. The van der Waals surface area contributed by atoms with Crippen LogP contribution in [0.2, 0.25) is 0 Å². The fourth-order valence-corrected chi connectivity index (χ4v) is 9.26. The maximum absolute atomic E-state index is 12.9. The molecule has 0 aromatic heterocycles. The highest BCUT2D eigenvalue weighted by molar-refractivity contribution is 5.71. The van der Waals surface area contributed by atoms with Crippen molar-refractivity contribution in [3.63, 3.8) is 0 Å². The lowest BCUT2D eigenvalue weighted by molar-refractivity contribution is -0.167. The molecule has 6 heteroatoms. The van der Waals surface area contributed by atoms with Gasteiger partial charge in [0.05, 0.1) is 0 Å². The zero-order valence-corrected chi connectivity index (χ0v) is 46.6. The van der Waals surface area contributed by atoms with Crippen molar-refractivity contribution in [1.82, 2.24) is 0 Å². The monoisotopic (exact) mass is 971 g/mol. The molecule has 0 aliphatic heterocycles. The van der Waals surface area contributed by atoms with Crippen molar-refractivity contribution in [2.45, 2.75) is 348 Å². The largest absolute Gasteiger partial charge is 0.462 e. The highest BCUT2D eigenvalue weighted by Crippen LogP contribution is 2.17. The van der Waals surface area contributed by atoms with Crippen LogP contribution in [0, 0.1) is 0 Å². The van der Waals surface area contributed by atoms with Crippen molar-refractivity contribution in [2.24, 2.45) is 0 Å². The van der Waals surface area contributed by atoms with Crippen molar-refractivity contribution in [3.05, 3.63) is 24.3 Å². The van der Waals surface area contributed by atoms with Gasteiger partial charge in [-0.2, -0.15) is 0 Å². The number of unbranched alkanes of at least 4 members (excludes halogenated alkanes) is 42. The summed E-state index contributed by atoms with van der Waals surface area (Å²) in [6, 6.07) is 0. The molecule has 0 N–H and O–H groups in total. The van der Waals surface area contributed by atoms with E-state index in [4.69, 9.17) is 14.2 Å². The Morgan fingerprint density at radius 1 is 0.275 bits per heavy atom. The Morgan fingerprint density at radius 2 is 0.478 bits per heavy atom. The van der Waals surface area contributed by atoms with Crippen LogP contribution >= 0.6 is 0 Å². The SMILES string of the molecule is CCCCCCCCC/C=C\CCCCCCCC(=O)O[C@@H](COC(=O)CCCCCCCCC/C=C\CCCCCCCCCC)COC(=O)CCCCCCCCCCCCCCCCCC. The van der Waals surface area contributed by atoms with Gasteiger partial charge in [0.15, 0.2) is 6.10 Å². The lowest BCUT2D eigenvalue weighted by Gasteiger charge is -2.18. The maximum Gasteiger partial charge on any atom is 0.306 e. The number of ether oxygens (including phenoxy) is 3. The van der Waals surface area contributed by atoms with Gasteiger partial charge in [0.1, 0.15) is 13.2 Å². The molecule has 0 spiro atoms. The van der Waals surface area contributed by atoms with Gasteiger partial charge < -0.3 is 14.2 Å². The predicted octanol–water partition coefficient (Wildman–Crippen LogP) is 20.7. The topological polar surface area (TPSA) is 78.9 Å². The van der Waals surface area contributed by atoms with E-state index in [1.54, 1.807) is 0 Å². The average Bonchev–Trinajstić information content (AvgIpc) is 3.35. The molecule has 0 aliphatic carbocycles. The summed E-state index contributed by atoms with van der Waals surface area (Å²) in [4.78, 5) is 38.2. The Kier molecular flexibility index (Phi) is 56.7. The molecule has 0 heterocycles. The second kappa shape index (κ2) is 58.5. The second-order valence-corrected chi connectivity index (χ2v) is 21.0. The number of carbonyl (C=O) groups excluding carboxylic acids is 3. The van der Waals surface area contributed by atoms with Gasteiger partial charge in [0.2, 0.25) is 0 Å². The first-order chi connectivity index (χ1) is 34.0. The van der Waals surface area contributed by atoms with Gasteiger partial charge in [-0.15, -0.1) is 0 Å². The fraction of sp³-hybridized carbons (Fsp3) is 0.889. The molecular formula is C63H118O6. The van der Waals surface area contributed by atoms with E-state index in [2.05, 4.69) is 45.1 Å². The molecule has 406 valence electrons. The van der Waals surface area contributed by atoms with E-state index in [9.17, 15) is 14.4 Å². The number of hydrogen-bond acceptors (Lipinski definition) is 6. The zero-order valence-electron chi connectivity index (χ0n) is 46.6. The van der Waals surface area contributed by atoms with E-state index in [0.717, 1.165) is 64.2 Å². The second-order valence-electron chi connectivity index (χ2n) is 21.0. The zero-order chi connectivity index (χ0) is 50.0. The third-order valence-electron chi connectivity index (χ3n) is 13.9. The normalized spacial score (nSPS) is 12.1. The quantitative estimate of drug-likeness (QED) is 0.0261. The molecule has 0 aromatic carbocycles. The molecule has 0 saturated heterocycles. The van der Waals surface area contributed by atoms with E-state index >= 15 is 0 Å². The summed E-state index contributed by atoms with van der Waals surface area (Å²) in [7, 11) is 0. The Morgan fingerprint density at radius 3 is 0.725 bits per heavy atom. The molecule has 1 atom stereocenters. The summed E-state index contributed by atoms with van der Waals surface area (Å²) in [5, 5.41) is 0. The Labute approximate surface area is 430 Å². The summed E-state index contributed by atoms with van der Waals surface area (Å²) >= 11 is 0. The highest BCUT2D eigenvalue weighted by Gasteiger charge is 2.19. The van der Waals surface area contributed by atoms with E-state index in [0.29, 0.717) is 19.3 Å². The molecule has 0 fully saturated rings. The number of hydrogen-bond donors (Lipinski definition) is 0. The van der Waals surface area contributed by atoms with Crippen LogP contribution in [0.25, 0.3) is 0 Å². The third kappa shape index (κ3) is 56.7. The number of rotatable bonds is 57. The van der Waals surface area contributed by atoms with Crippen LogP contribution in [0.3, 0.4) is 0 Å². The van der Waals surface area contributed by atoms with Crippen molar-refractivity contribution < 1.29 is 28.6 Å². The van der Waals surface area contributed by atoms with E-state index in [1.165, 1.54) is 238 Å². The van der Waals surface area contributed by atoms with E-state index in [-0.39, 0.29) is 31.1 Å². The van der Waals surface area contributed by atoms with Gasteiger partial charge >= 0.3 is 17.9 Å². The maximum atomic E-state index is 12.9. The van der Waals surface area contributed by atoms with Gasteiger partial charge in [-0.3, -0.25) is 14.4 Å². The molecule has 0 aromatic rings. The molecule has 0 radical (unpaired) electrons.